The molecule has 1 aromatic rings. The van der Waals surface area contributed by atoms with Gasteiger partial charge >= 0.3 is 22.1 Å². The minimum Gasteiger partial charge on any atom is -0.463 e. The Kier molecular flexibility index (Phi) is 13.5. The number of benzene rings is 1. The molecule has 11 nitrogen and oxygen atoms in total. The minimum absolute atomic E-state index is 0.0464. The molecule has 1 rings (SSSR count). The lowest BCUT2D eigenvalue weighted by atomic mass is 10.2. The molecular formula is C19H27N3O8S3. The van der Waals surface area contributed by atoms with E-state index in [4.69, 9.17) is 4.74 Å². The number of hydrogen-bond acceptors (Lipinski definition) is 12. The molecule has 0 fully saturated rings. The van der Waals surface area contributed by atoms with E-state index >= 15 is 0 Å². The molecule has 0 amide bonds. The van der Waals surface area contributed by atoms with E-state index in [0.717, 1.165) is 7.11 Å². The van der Waals surface area contributed by atoms with Crippen LogP contribution in [0.25, 0.3) is 0 Å². The van der Waals surface area contributed by atoms with Crippen LogP contribution in [0.2, 0.25) is 0 Å². The summed E-state index contributed by atoms with van der Waals surface area (Å²) in [4.78, 5) is 35.3. The predicted molar refractivity (Wildman–Crippen MR) is 128 cm³/mol. The van der Waals surface area contributed by atoms with Crippen LogP contribution in [-0.2, 0) is 39.2 Å². The summed E-state index contributed by atoms with van der Waals surface area (Å²) in [5.41, 5.74) is 0.499. The number of nitroso groups, excluding NO2 is 1. The van der Waals surface area contributed by atoms with Crippen LogP contribution < -0.4 is 0 Å². The Hall–Kier alpha value is -2.32. The molecule has 0 bridgehead atoms. The average molecular weight is 522 g/mol. The number of likely N-dealkylation sites (N-methyl/N-ethyl adjacent to an activating group) is 1. The van der Waals surface area contributed by atoms with Crippen molar-refractivity contribution in [3.63, 3.8) is 0 Å². The highest BCUT2D eigenvalue weighted by Gasteiger charge is 2.21. The van der Waals surface area contributed by atoms with E-state index in [1.807, 2.05) is 0 Å². The fourth-order valence-corrected chi connectivity index (χ4v) is 4.65. The molecule has 0 heterocycles. The van der Waals surface area contributed by atoms with Crippen LogP contribution >= 0.6 is 23.5 Å². The second kappa shape index (κ2) is 15.5. The fraction of sp³-hybridized carbons (Fsp3) is 0.526. The normalized spacial score (nSPS) is 12.5. The van der Waals surface area contributed by atoms with Crippen molar-refractivity contribution in [2.45, 2.75) is 18.1 Å². The number of ether oxygens (including phenoxy) is 2. The smallest absolute Gasteiger partial charge is 0.377 e. The zero-order valence-electron chi connectivity index (χ0n) is 18.5. The number of amidine groups is 1. The van der Waals surface area contributed by atoms with E-state index in [0.29, 0.717) is 17.1 Å². The summed E-state index contributed by atoms with van der Waals surface area (Å²) in [6.07, 6.45) is 0. The van der Waals surface area contributed by atoms with E-state index in [2.05, 4.69) is 19.4 Å². The molecule has 1 unspecified atom stereocenters. The highest BCUT2D eigenvalue weighted by Crippen LogP contribution is 2.14. The minimum atomic E-state index is -4.10. The van der Waals surface area contributed by atoms with Gasteiger partial charge in [-0.15, -0.1) is 28.4 Å². The lowest BCUT2D eigenvalue weighted by Crippen LogP contribution is -2.37. The monoisotopic (exact) mass is 521 g/mol. The Bertz CT molecular complexity index is 897. The lowest BCUT2D eigenvalue weighted by molar-refractivity contribution is -0.140. The maximum absolute atomic E-state index is 12.1. The second-order valence-corrected chi connectivity index (χ2v) is 10.5. The van der Waals surface area contributed by atoms with Crippen LogP contribution in [0.15, 0.2) is 40.7 Å². The number of rotatable bonds is 14. The molecule has 0 spiro atoms. The van der Waals surface area contributed by atoms with Crippen LogP contribution in [0, 0.1) is 4.91 Å². The predicted octanol–water partition coefficient (Wildman–Crippen LogP) is 2.07. The number of methoxy groups -OCH3 is 1. The van der Waals surface area contributed by atoms with Crippen LogP contribution in [0.3, 0.4) is 0 Å². The Morgan fingerprint density at radius 1 is 1.18 bits per heavy atom. The molecule has 0 aliphatic carbocycles. The summed E-state index contributed by atoms with van der Waals surface area (Å²) < 4.78 is 38.7. The zero-order chi connectivity index (χ0) is 24.7. The van der Waals surface area contributed by atoms with Crippen molar-refractivity contribution in [1.82, 2.24) is 4.90 Å². The second-order valence-electron chi connectivity index (χ2n) is 6.44. The number of carbonyl (C=O) groups is 2. The molecule has 0 aromatic heterocycles. The molecule has 0 aliphatic heterocycles. The highest BCUT2D eigenvalue weighted by atomic mass is 32.2. The van der Waals surface area contributed by atoms with Gasteiger partial charge in [0.1, 0.15) is 17.7 Å². The molecule has 1 atom stereocenters. The standard InChI is InChI=1S/C19H27N3O8S3/c1-15(20-25)32-12-11-31-13-17(23)29-10-9-22(2)18(19(24)28-3)21-30-33(26,27)14-16-7-5-4-6-8-16/h4-8,15H,9-14H2,1-3H3. The fourth-order valence-electron chi connectivity index (χ4n) is 2.16. The van der Waals surface area contributed by atoms with Crippen LogP contribution in [0.5, 0.6) is 0 Å². The largest absolute Gasteiger partial charge is 0.463 e. The summed E-state index contributed by atoms with van der Waals surface area (Å²) >= 11 is 2.76. The molecule has 0 N–H and O–H groups in total. The first-order chi connectivity index (χ1) is 15.7. The maximum atomic E-state index is 12.1. The van der Waals surface area contributed by atoms with Crippen LogP contribution in [0.1, 0.15) is 12.5 Å². The number of thioether (sulfide) groups is 2. The van der Waals surface area contributed by atoms with Crippen molar-refractivity contribution in [1.29, 1.82) is 0 Å². The van der Waals surface area contributed by atoms with Crippen LogP contribution in [-0.4, -0.2) is 81.0 Å². The third kappa shape index (κ3) is 12.5. The van der Waals surface area contributed by atoms with Gasteiger partial charge in [-0.05, 0) is 17.6 Å². The van der Waals surface area contributed by atoms with Gasteiger partial charge in [0.05, 0.1) is 19.4 Å². The Labute approximate surface area is 201 Å². The lowest BCUT2D eigenvalue weighted by Gasteiger charge is -2.18. The molecule has 0 aliphatic rings. The van der Waals surface area contributed by atoms with Gasteiger partial charge in [0.25, 0.3) is 5.84 Å². The molecule has 0 saturated carbocycles. The van der Waals surface area contributed by atoms with Crippen molar-refractivity contribution < 1.29 is 31.8 Å². The quantitative estimate of drug-likeness (QED) is 0.0887. The highest BCUT2D eigenvalue weighted by molar-refractivity contribution is 8.03. The third-order valence-corrected chi connectivity index (χ3v) is 6.99. The molecule has 184 valence electrons. The van der Waals surface area contributed by atoms with Gasteiger partial charge in [-0.3, -0.25) is 9.08 Å². The molecule has 33 heavy (non-hydrogen) atoms. The van der Waals surface area contributed by atoms with E-state index in [1.54, 1.807) is 37.3 Å². The number of carbonyl (C=O) groups excluding carboxylic acids is 2. The first-order valence-corrected chi connectivity index (χ1v) is 13.5. The Morgan fingerprint density at radius 3 is 2.52 bits per heavy atom. The van der Waals surface area contributed by atoms with Crippen molar-refractivity contribution in [2.24, 2.45) is 10.3 Å². The summed E-state index contributed by atoms with van der Waals surface area (Å²) in [5, 5.41) is 6.01. The summed E-state index contributed by atoms with van der Waals surface area (Å²) in [6, 6.07) is 8.36. The number of nitrogens with zero attached hydrogens (tertiary/aromatic N) is 3. The zero-order valence-corrected chi connectivity index (χ0v) is 21.0. The van der Waals surface area contributed by atoms with Gasteiger partial charge in [-0.2, -0.15) is 8.42 Å². The van der Waals surface area contributed by atoms with Gasteiger partial charge < -0.3 is 14.4 Å². The topological polar surface area (TPSA) is 141 Å². The van der Waals surface area contributed by atoms with Crippen molar-refractivity contribution in [3.8, 4) is 0 Å². The molecule has 1 aromatic carbocycles. The van der Waals surface area contributed by atoms with Gasteiger partial charge in [-0.25, -0.2) is 4.79 Å². The van der Waals surface area contributed by atoms with E-state index in [9.17, 15) is 22.9 Å². The third-order valence-electron chi connectivity index (χ3n) is 3.80. The van der Waals surface area contributed by atoms with Crippen LogP contribution in [0.4, 0.5) is 0 Å². The average Bonchev–Trinajstić information content (AvgIpc) is 2.78. The summed E-state index contributed by atoms with van der Waals surface area (Å²) in [5.74, 6) is -0.703. The molecular weight excluding hydrogens is 494 g/mol. The maximum Gasteiger partial charge on any atom is 0.377 e. The Balaban J connectivity index is 2.50. The number of hydrogen-bond donors (Lipinski definition) is 0. The summed E-state index contributed by atoms with van der Waals surface area (Å²) in [6.45, 7) is 1.68. The van der Waals surface area contributed by atoms with Crippen molar-refractivity contribution >= 4 is 51.4 Å². The van der Waals surface area contributed by atoms with E-state index < -0.39 is 33.6 Å². The Morgan fingerprint density at radius 2 is 1.88 bits per heavy atom. The van der Waals surface area contributed by atoms with E-state index in [-0.39, 0.29) is 24.3 Å². The van der Waals surface area contributed by atoms with Gasteiger partial charge in [0.15, 0.2) is 0 Å². The number of oxime groups is 1. The van der Waals surface area contributed by atoms with Gasteiger partial charge in [0, 0.05) is 18.6 Å². The number of esters is 2. The molecule has 0 radical (unpaired) electrons. The summed E-state index contributed by atoms with van der Waals surface area (Å²) in [7, 11) is -1.53. The molecule has 0 saturated heterocycles. The van der Waals surface area contributed by atoms with Crippen molar-refractivity contribution in [3.05, 3.63) is 40.8 Å². The van der Waals surface area contributed by atoms with Crippen molar-refractivity contribution in [2.75, 3.05) is 44.6 Å². The SMILES string of the molecule is COC(=O)C(=NOS(=O)(=O)Cc1ccccc1)N(C)CCOC(=O)CSCCSC(C)N=O. The van der Waals surface area contributed by atoms with E-state index in [1.165, 1.54) is 35.5 Å². The van der Waals surface area contributed by atoms with Gasteiger partial charge in [-0.1, -0.05) is 35.5 Å². The molecule has 14 heteroatoms. The van der Waals surface area contributed by atoms with Gasteiger partial charge in [0.2, 0.25) is 0 Å². The first kappa shape index (κ1) is 28.7. The first-order valence-electron chi connectivity index (χ1n) is 9.68.